The molecule has 2 atom stereocenters. The summed E-state index contributed by atoms with van der Waals surface area (Å²) in [5.41, 5.74) is 0.0156. The number of rotatable bonds is 6. The Kier molecular flexibility index (Phi) is 9.29. The molecule has 0 saturated heterocycles. The van der Waals surface area contributed by atoms with E-state index in [1.165, 1.54) is 31.3 Å². The lowest BCUT2D eigenvalue weighted by molar-refractivity contribution is -0.149. The number of benzene rings is 2. The second-order valence-electron chi connectivity index (χ2n) is 7.27. The first-order valence-electron chi connectivity index (χ1n) is 10.0. The van der Waals surface area contributed by atoms with Crippen LogP contribution < -0.4 is 21.4 Å². The molecule has 6 N–H and O–H groups in total. The third-order valence-corrected chi connectivity index (χ3v) is 4.67. The van der Waals surface area contributed by atoms with Crippen LogP contribution in [-0.4, -0.2) is 53.3 Å². The summed E-state index contributed by atoms with van der Waals surface area (Å²) < 4.78 is 26.2. The van der Waals surface area contributed by atoms with E-state index < -0.39 is 29.9 Å². The molecular weight excluding hydrogens is 462 g/mol. The second kappa shape index (κ2) is 12.1. The molecule has 9 nitrogen and oxygen atoms in total. The fraction of sp³-hybridized carbons (Fsp3) is 0.208. The molecule has 0 aromatic heterocycles. The Bertz CT molecular complexity index is 1190. The minimum absolute atomic E-state index is 0.00731. The zero-order valence-corrected chi connectivity index (χ0v) is 18.6. The largest absolute Gasteiger partial charge is 0.381 e. The number of nitrogens with one attached hydrogen (secondary N) is 4. The molecule has 11 heteroatoms. The van der Waals surface area contributed by atoms with E-state index in [1.807, 2.05) is 5.32 Å². The number of hydroxylamine groups is 1. The summed E-state index contributed by atoms with van der Waals surface area (Å²) in [6.07, 6.45) is -3.37. The van der Waals surface area contributed by atoms with Gasteiger partial charge in [0, 0.05) is 29.4 Å². The number of aliphatic hydroxyl groups is 1. The molecule has 4 amide bonds. The van der Waals surface area contributed by atoms with E-state index in [0.717, 1.165) is 5.48 Å². The lowest BCUT2D eigenvalue weighted by Gasteiger charge is -2.30. The van der Waals surface area contributed by atoms with E-state index in [9.17, 15) is 28.3 Å². The van der Waals surface area contributed by atoms with Crippen LogP contribution in [0.25, 0.3) is 0 Å². The van der Waals surface area contributed by atoms with E-state index in [-0.39, 0.29) is 11.6 Å². The van der Waals surface area contributed by atoms with Crippen molar-refractivity contribution < 1.29 is 33.5 Å². The van der Waals surface area contributed by atoms with Gasteiger partial charge in [0.25, 0.3) is 18.2 Å². The Morgan fingerprint density at radius 1 is 0.943 bits per heavy atom. The summed E-state index contributed by atoms with van der Waals surface area (Å²) in [5.74, 6) is 8.62. The minimum Gasteiger partial charge on any atom is -0.381 e. The maximum Gasteiger partial charge on any atom is 0.318 e. The molecule has 0 fully saturated rings. The maximum absolute atomic E-state index is 13.1. The van der Waals surface area contributed by atoms with Crippen LogP contribution >= 0.6 is 0 Å². The van der Waals surface area contributed by atoms with Crippen molar-refractivity contribution >= 4 is 23.5 Å². The third kappa shape index (κ3) is 7.54. The molecule has 2 rings (SSSR count). The highest BCUT2D eigenvalue weighted by molar-refractivity contribution is 5.98. The van der Waals surface area contributed by atoms with Crippen molar-refractivity contribution in [2.45, 2.75) is 25.0 Å². The summed E-state index contributed by atoms with van der Waals surface area (Å²) >= 11 is 0. The van der Waals surface area contributed by atoms with Crippen LogP contribution in [-0.2, 0) is 4.79 Å². The zero-order chi connectivity index (χ0) is 26.0. The van der Waals surface area contributed by atoms with Gasteiger partial charge in [0.2, 0.25) is 0 Å². The quantitative estimate of drug-likeness (QED) is 0.209. The molecule has 0 aliphatic carbocycles. The smallest absolute Gasteiger partial charge is 0.318 e. The molecule has 0 aliphatic heterocycles. The fourth-order valence-corrected chi connectivity index (χ4v) is 2.62. The molecule has 0 aliphatic rings. The summed E-state index contributed by atoms with van der Waals surface area (Å²) in [6.45, 7) is 0.660. The lowest BCUT2D eigenvalue weighted by Crippen LogP contribution is -2.61. The lowest BCUT2D eigenvalue weighted by atomic mass is 9.95. The van der Waals surface area contributed by atoms with Crippen molar-refractivity contribution in [3.8, 4) is 23.7 Å². The summed E-state index contributed by atoms with van der Waals surface area (Å²) in [6, 6.07) is 10.00. The van der Waals surface area contributed by atoms with E-state index in [4.69, 9.17) is 5.21 Å². The van der Waals surface area contributed by atoms with Crippen molar-refractivity contribution in [3.63, 3.8) is 0 Å². The van der Waals surface area contributed by atoms with Crippen molar-refractivity contribution in [3.05, 3.63) is 65.2 Å². The summed E-state index contributed by atoms with van der Waals surface area (Å²) in [7, 11) is 1.51. The number of anilines is 1. The van der Waals surface area contributed by atoms with E-state index in [2.05, 4.69) is 34.3 Å². The number of halogens is 2. The van der Waals surface area contributed by atoms with Crippen LogP contribution in [0.1, 0.15) is 28.4 Å². The van der Waals surface area contributed by atoms with Crippen LogP contribution in [0.15, 0.2) is 48.5 Å². The van der Waals surface area contributed by atoms with Crippen molar-refractivity contribution in [2.24, 2.45) is 0 Å². The number of hydrogen-bond acceptors (Lipinski definition) is 5. The molecule has 0 heterocycles. The SMILES string of the molecule is CNC(=O)Nc1ccc(C#CC#Cc2ccc(C(=O)NC(C(=O)NO)C(C)(O)C(F)F)cc2)cc1. The van der Waals surface area contributed by atoms with Gasteiger partial charge < -0.3 is 21.1 Å². The molecule has 0 bridgehead atoms. The Balaban J connectivity index is 2.05. The average Bonchev–Trinajstić information content (AvgIpc) is 2.85. The number of hydrogen-bond donors (Lipinski definition) is 6. The minimum atomic E-state index is -3.37. The standard InChI is InChI=1S/C24H22F2N4O5/c1-24(34,22(25)26)19(21(32)30-35)29-20(31)17-11-7-15(8-12-17)5-3-4-6-16-9-13-18(14-10-16)28-23(33)27-2/h7-14,19,22,34-35H,1-2H3,(H,29,31)(H,30,32)(H2,27,28,33). The van der Waals surface area contributed by atoms with Gasteiger partial charge >= 0.3 is 6.03 Å². The first-order chi connectivity index (χ1) is 16.6. The molecule has 2 unspecified atom stereocenters. The number of urea groups is 1. The van der Waals surface area contributed by atoms with E-state index in [0.29, 0.717) is 23.7 Å². The second-order valence-corrected chi connectivity index (χ2v) is 7.27. The normalized spacial score (nSPS) is 12.5. The number of alkyl halides is 2. The topological polar surface area (TPSA) is 140 Å². The number of amides is 4. The van der Waals surface area contributed by atoms with Gasteiger partial charge in [0.1, 0.15) is 6.04 Å². The first kappa shape index (κ1) is 26.8. The fourth-order valence-electron chi connectivity index (χ4n) is 2.62. The third-order valence-electron chi connectivity index (χ3n) is 4.67. The van der Waals surface area contributed by atoms with Crippen molar-refractivity contribution in [1.82, 2.24) is 16.1 Å². The molecular formula is C24H22F2N4O5. The molecule has 0 saturated carbocycles. The van der Waals surface area contributed by atoms with Gasteiger partial charge in [-0.1, -0.05) is 11.8 Å². The predicted octanol–water partition coefficient (Wildman–Crippen LogP) is 1.46. The van der Waals surface area contributed by atoms with Crippen LogP contribution in [0.4, 0.5) is 19.3 Å². The highest BCUT2D eigenvalue weighted by Crippen LogP contribution is 2.20. The van der Waals surface area contributed by atoms with Crippen LogP contribution in [0.2, 0.25) is 0 Å². The van der Waals surface area contributed by atoms with E-state index in [1.54, 1.807) is 24.3 Å². The molecule has 0 radical (unpaired) electrons. The molecule has 2 aromatic rings. The van der Waals surface area contributed by atoms with Gasteiger partial charge in [-0.3, -0.25) is 14.8 Å². The van der Waals surface area contributed by atoms with Gasteiger partial charge in [-0.05, 0) is 67.3 Å². The maximum atomic E-state index is 13.1. The predicted molar refractivity (Wildman–Crippen MR) is 123 cm³/mol. The molecule has 2 aromatic carbocycles. The van der Waals surface area contributed by atoms with Crippen molar-refractivity contribution in [2.75, 3.05) is 12.4 Å². The summed E-state index contributed by atoms with van der Waals surface area (Å²) in [4.78, 5) is 35.3. The Hall–Kier alpha value is -4.45. The Morgan fingerprint density at radius 3 is 1.91 bits per heavy atom. The highest BCUT2D eigenvalue weighted by Gasteiger charge is 2.46. The zero-order valence-electron chi connectivity index (χ0n) is 18.6. The van der Waals surface area contributed by atoms with Crippen molar-refractivity contribution in [1.29, 1.82) is 0 Å². The van der Waals surface area contributed by atoms with Gasteiger partial charge in [-0.15, -0.1) is 0 Å². The van der Waals surface area contributed by atoms with Crippen LogP contribution in [0.5, 0.6) is 0 Å². The van der Waals surface area contributed by atoms with Gasteiger partial charge in [-0.25, -0.2) is 19.1 Å². The van der Waals surface area contributed by atoms with Gasteiger partial charge in [0.15, 0.2) is 5.60 Å². The highest BCUT2D eigenvalue weighted by atomic mass is 19.3. The van der Waals surface area contributed by atoms with Crippen LogP contribution in [0, 0.1) is 23.7 Å². The monoisotopic (exact) mass is 484 g/mol. The Morgan fingerprint density at radius 2 is 1.46 bits per heavy atom. The van der Waals surface area contributed by atoms with Crippen LogP contribution in [0.3, 0.4) is 0 Å². The number of carbonyl (C=O) groups excluding carboxylic acids is 3. The number of carbonyl (C=O) groups is 3. The average molecular weight is 484 g/mol. The van der Waals surface area contributed by atoms with Gasteiger partial charge in [-0.2, -0.15) is 0 Å². The van der Waals surface area contributed by atoms with E-state index >= 15 is 0 Å². The summed E-state index contributed by atoms with van der Waals surface area (Å²) in [5, 5.41) is 25.7. The molecule has 35 heavy (non-hydrogen) atoms. The molecule has 0 spiro atoms. The molecule has 182 valence electrons. The first-order valence-corrected chi connectivity index (χ1v) is 10.0. The Labute approximate surface area is 199 Å². The van der Waals surface area contributed by atoms with Gasteiger partial charge in [0.05, 0.1) is 0 Å².